The predicted octanol–water partition coefficient (Wildman–Crippen LogP) is 1.45. The molecule has 1 aliphatic rings. The van der Waals surface area contributed by atoms with Crippen molar-refractivity contribution >= 4 is 21.7 Å². The van der Waals surface area contributed by atoms with Gasteiger partial charge in [0, 0.05) is 6.54 Å². The van der Waals surface area contributed by atoms with Crippen molar-refractivity contribution in [2.75, 3.05) is 16.6 Å². The zero-order valence-electron chi connectivity index (χ0n) is 9.47. The lowest BCUT2D eigenvalue weighted by molar-refractivity contribution is 0.0697. The van der Waals surface area contributed by atoms with Crippen LogP contribution in [0.15, 0.2) is 18.2 Å². The molecule has 0 bridgehead atoms. The molecular formula is C11H12FNO4S. The molecule has 2 rings (SSSR count). The molecule has 1 heterocycles. The summed E-state index contributed by atoms with van der Waals surface area (Å²) >= 11 is 0. The van der Waals surface area contributed by atoms with E-state index in [1.54, 1.807) is 0 Å². The van der Waals surface area contributed by atoms with Gasteiger partial charge in [0.15, 0.2) is 0 Å². The first-order valence-electron chi connectivity index (χ1n) is 5.45. The van der Waals surface area contributed by atoms with E-state index in [9.17, 15) is 17.6 Å². The van der Waals surface area contributed by atoms with Gasteiger partial charge in [-0.25, -0.2) is 17.6 Å². The first-order chi connectivity index (χ1) is 8.42. The minimum atomic E-state index is -3.55. The largest absolute Gasteiger partial charge is 0.478 e. The fraction of sp³-hybridized carbons (Fsp3) is 0.364. The molecule has 0 radical (unpaired) electrons. The molecule has 98 valence electrons. The van der Waals surface area contributed by atoms with Crippen molar-refractivity contribution < 1.29 is 22.7 Å². The van der Waals surface area contributed by atoms with Crippen molar-refractivity contribution in [3.63, 3.8) is 0 Å². The number of benzene rings is 1. The summed E-state index contributed by atoms with van der Waals surface area (Å²) in [6.07, 6.45) is 1.17. The minimum absolute atomic E-state index is 0.0391. The van der Waals surface area contributed by atoms with Gasteiger partial charge in [0.1, 0.15) is 5.82 Å². The fourth-order valence-corrected chi connectivity index (χ4v) is 3.60. The highest BCUT2D eigenvalue weighted by Gasteiger charge is 2.29. The first kappa shape index (κ1) is 12.8. The summed E-state index contributed by atoms with van der Waals surface area (Å²) < 4.78 is 37.9. The summed E-state index contributed by atoms with van der Waals surface area (Å²) in [4.78, 5) is 11.0. The van der Waals surface area contributed by atoms with Crippen molar-refractivity contribution in [1.82, 2.24) is 0 Å². The Morgan fingerprint density at radius 2 is 2.06 bits per heavy atom. The Balaban J connectivity index is 2.55. The van der Waals surface area contributed by atoms with Crippen molar-refractivity contribution in [2.45, 2.75) is 12.8 Å². The van der Waals surface area contributed by atoms with Gasteiger partial charge in [0.2, 0.25) is 10.0 Å². The molecule has 1 aromatic carbocycles. The molecule has 0 aromatic heterocycles. The monoisotopic (exact) mass is 273 g/mol. The Morgan fingerprint density at radius 3 is 2.67 bits per heavy atom. The molecule has 1 N–H and O–H groups in total. The minimum Gasteiger partial charge on any atom is -0.478 e. The van der Waals surface area contributed by atoms with Gasteiger partial charge < -0.3 is 5.11 Å². The fourth-order valence-electron chi connectivity index (χ4n) is 1.95. The second-order valence-electron chi connectivity index (χ2n) is 4.06. The van der Waals surface area contributed by atoms with Crippen LogP contribution in [0.25, 0.3) is 0 Å². The van der Waals surface area contributed by atoms with Gasteiger partial charge in [-0.15, -0.1) is 0 Å². The Kier molecular flexibility index (Phi) is 3.25. The van der Waals surface area contributed by atoms with Crippen molar-refractivity contribution in [1.29, 1.82) is 0 Å². The van der Waals surface area contributed by atoms with Crippen LogP contribution in [0.5, 0.6) is 0 Å². The van der Waals surface area contributed by atoms with Crippen LogP contribution in [0, 0.1) is 5.82 Å². The maximum atomic E-state index is 13.2. The van der Waals surface area contributed by atoms with E-state index in [2.05, 4.69) is 0 Å². The molecule has 0 spiro atoms. The van der Waals surface area contributed by atoms with E-state index in [-0.39, 0.29) is 23.5 Å². The Labute approximate surface area is 104 Å². The molecular weight excluding hydrogens is 261 g/mol. The number of carboxylic acid groups (broad SMARTS) is 1. The van der Waals surface area contributed by atoms with E-state index in [4.69, 9.17) is 5.11 Å². The number of sulfonamides is 1. The average Bonchev–Trinajstić information content (AvgIpc) is 2.27. The third-order valence-corrected chi connectivity index (χ3v) is 4.66. The van der Waals surface area contributed by atoms with Crippen molar-refractivity contribution in [3.05, 3.63) is 29.6 Å². The highest BCUT2D eigenvalue weighted by Crippen LogP contribution is 2.28. The third kappa shape index (κ3) is 2.31. The maximum absolute atomic E-state index is 13.2. The van der Waals surface area contributed by atoms with E-state index in [1.165, 1.54) is 0 Å². The van der Waals surface area contributed by atoms with E-state index < -0.39 is 21.8 Å². The zero-order valence-corrected chi connectivity index (χ0v) is 10.3. The summed E-state index contributed by atoms with van der Waals surface area (Å²) in [6.45, 7) is 0.187. The zero-order chi connectivity index (χ0) is 13.3. The second kappa shape index (κ2) is 4.56. The normalized spacial score (nSPS) is 18.6. The SMILES string of the molecule is O=C(O)c1ccc(F)cc1N1CCCCS1(=O)=O. The molecule has 1 saturated heterocycles. The summed E-state index contributed by atoms with van der Waals surface area (Å²) in [5, 5.41) is 9.01. The molecule has 5 nitrogen and oxygen atoms in total. The highest BCUT2D eigenvalue weighted by atomic mass is 32.2. The molecule has 0 atom stereocenters. The van der Waals surface area contributed by atoms with Crippen LogP contribution in [-0.4, -0.2) is 31.8 Å². The summed E-state index contributed by atoms with van der Waals surface area (Å²) in [7, 11) is -3.55. The van der Waals surface area contributed by atoms with Gasteiger partial charge in [-0.05, 0) is 31.0 Å². The number of anilines is 1. The van der Waals surface area contributed by atoms with Crippen LogP contribution in [-0.2, 0) is 10.0 Å². The van der Waals surface area contributed by atoms with Gasteiger partial charge in [-0.2, -0.15) is 0 Å². The number of nitrogens with zero attached hydrogens (tertiary/aromatic N) is 1. The number of carbonyl (C=O) groups is 1. The number of hydrogen-bond acceptors (Lipinski definition) is 3. The molecule has 0 unspecified atom stereocenters. The maximum Gasteiger partial charge on any atom is 0.337 e. The summed E-state index contributed by atoms with van der Waals surface area (Å²) in [5.74, 6) is -1.97. The molecule has 1 aromatic rings. The quantitative estimate of drug-likeness (QED) is 0.885. The van der Waals surface area contributed by atoms with Gasteiger partial charge >= 0.3 is 5.97 Å². The Hall–Kier alpha value is -1.63. The molecule has 0 saturated carbocycles. The van der Waals surface area contributed by atoms with Crippen LogP contribution < -0.4 is 4.31 Å². The number of carboxylic acids is 1. The van der Waals surface area contributed by atoms with E-state index in [0.29, 0.717) is 12.8 Å². The van der Waals surface area contributed by atoms with E-state index in [0.717, 1.165) is 22.5 Å². The smallest absolute Gasteiger partial charge is 0.337 e. The van der Waals surface area contributed by atoms with Crippen LogP contribution in [0.3, 0.4) is 0 Å². The number of halogens is 1. The summed E-state index contributed by atoms with van der Waals surface area (Å²) in [6, 6.07) is 3.03. The topological polar surface area (TPSA) is 74.7 Å². The number of aromatic carboxylic acids is 1. The number of hydrogen-bond donors (Lipinski definition) is 1. The molecule has 18 heavy (non-hydrogen) atoms. The molecule has 1 fully saturated rings. The van der Waals surface area contributed by atoms with E-state index in [1.807, 2.05) is 0 Å². The first-order valence-corrected chi connectivity index (χ1v) is 7.06. The lowest BCUT2D eigenvalue weighted by Crippen LogP contribution is -2.38. The van der Waals surface area contributed by atoms with Gasteiger partial charge in [0.25, 0.3) is 0 Å². The number of rotatable bonds is 2. The molecule has 7 heteroatoms. The van der Waals surface area contributed by atoms with Crippen LogP contribution in [0.2, 0.25) is 0 Å². The molecule has 0 amide bonds. The average molecular weight is 273 g/mol. The van der Waals surface area contributed by atoms with Crippen LogP contribution in [0.1, 0.15) is 23.2 Å². The third-order valence-electron chi connectivity index (χ3n) is 2.81. The van der Waals surface area contributed by atoms with Crippen LogP contribution >= 0.6 is 0 Å². The van der Waals surface area contributed by atoms with Gasteiger partial charge in [0.05, 0.1) is 17.0 Å². The lowest BCUT2D eigenvalue weighted by Gasteiger charge is -2.29. The standard InChI is InChI=1S/C11H12FNO4S/c12-8-3-4-9(11(14)15)10(7-8)13-5-1-2-6-18(13,16)17/h3-4,7H,1-2,5-6H2,(H,14,15). The second-order valence-corrected chi connectivity index (χ2v) is 6.07. The highest BCUT2D eigenvalue weighted by molar-refractivity contribution is 7.92. The summed E-state index contributed by atoms with van der Waals surface area (Å²) in [5.41, 5.74) is -0.302. The van der Waals surface area contributed by atoms with Crippen LogP contribution in [0.4, 0.5) is 10.1 Å². The van der Waals surface area contributed by atoms with E-state index >= 15 is 0 Å². The Morgan fingerprint density at radius 1 is 1.33 bits per heavy atom. The van der Waals surface area contributed by atoms with Gasteiger partial charge in [-0.1, -0.05) is 0 Å². The molecule has 1 aliphatic heterocycles. The van der Waals surface area contributed by atoms with Gasteiger partial charge in [-0.3, -0.25) is 4.31 Å². The van der Waals surface area contributed by atoms with Crippen molar-refractivity contribution in [3.8, 4) is 0 Å². The Bertz CT molecular complexity index is 585. The van der Waals surface area contributed by atoms with Crippen molar-refractivity contribution in [2.24, 2.45) is 0 Å². The predicted molar refractivity (Wildman–Crippen MR) is 63.7 cm³/mol. The molecule has 0 aliphatic carbocycles. The lowest BCUT2D eigenvalue weighted by atomic mass is 10.1.